The van der Waals surface area contributed by atoms with E-state index in [1.807, 2.05) is 7.05 Å². The molecule has 0 heterocycles. The van der Waals surface area contributed by atoms with Crippen molar-refractivity contribution in [2.45, 2.75) is 31.3 Å². The first-order chi connectivity index (χ1) is 7.83. The molecule has 0 spiro atoms. The Kier molecular flexibility index (Phi) is 3.97. The van der Waals surface area contributed by atoms with Crippen molar-refractivity contribution in [3.63, 3.8) is 0 Å². The Morgan fingerprint density at radius 3 is 2.50 bits per heavy atom. The molecule has 0 aliphatic heterocycles. The summed E-state index contributed by atoms with van der Waals surface area (Å²) in [5.74, 6) is 0. The highest BCUT2D eigenvalue weighted by atomic mass is 15.2. The molecule has 16 heavy (non-hydrogen) atoms. The fourth-order valence-electron chi connectivity index (χ4n) is 2.41. The van der Waals surface area contributed by atoms with Crippen molar-refractivity contribution in [1.82, 2.24) is 10.2 Å². The van der Waals surface area contributed by atoms with Gasteiger partial charge in [-0.2, -0.15) is 0 Å². The zero-order chi connectivity index (χ0) is 11.4. The zero-order valence-electron chi connectivity index (χ0n) is 10.3. The molecule has 1 aliphatic carbocycles. The van der Waals surface area contributed by atoms with Gasteiger partial charge in [0.25, 0.3) is 0 Å². The molecule has 1 aliphatic rings. The van der Waals surface area contributed by atoms with E-state index in [9.17, 15) is 0 Å². The molecule has 1 unspecified atom stereocenters. The molecule has 0 bridgehead atoms. The van der Waals surface area contributed by atoms with E-state index in [0.29, 0.717) is 6.04 Å². The van der Waals surface area contributed by atoms with Crippen LogP contribution in [0.3, 0.4) is 0 Å². The van der Waals surface area contributed by atoms with E-state index in [4.69, 9.17) is 0 Å². The summed E-state index contributed by atoms with van der Waals surface area (Å²) in [6.45, 7) is 1.02. The van der Waals surface area contributed by atoms with Gasteiger partial charge in [0, 0.05) is 18.6 Å². The lowest BCUT2D eigenvalue weighted by atomic mass is 9.89. The van der Waals surface area contributed by atoms with E-state index in [1.165, 1.54) is 24.8 Å². The van der Waals surface area contributed by atoms with E-state index in [0.717, 1.165) is 12.6 Å². The Balaban J connectivity index is 2.09. The van der Waals surface area contributed by atoms with Crippen molar-refractivity contribution in [1.29, 1.82) is 0 Å². The van der Waals surface area contributed by atoms with Gasteiger partial charge in [-0.25, -0.2) is 0 Å². The van der Waals surface area contributed by atoms with Crippen LogP contribution in [-0.4, -0.2) is 31.6 Å². The molecule has 2 nitrogen and oxygen atoms in total. The van der Waals surface area contributed by atoms with Gasteiger partial charge in [-0.1, -0.05) is 36.8 Å². The molecule has 0 radical (unpaired) electrons. The van der Waals surface area contributed by atoms with Crippen LogP contribution in [0.25, 0.3) is 0 Å². The molecule has 1 fully saturated rings. The van der Waals surface area contributed by atoms with Gasteiger partial charge in [-0.15, -0.1) is 0 Å². The number of nitrogens with zero attached hydrogens (tertiary/aromatic N) is 1. The van der Waals surface area contributed by atoms with Gasteiger partial charge in [-0.3, -0.25) is 4.90 Å². The van der Waals surface area contributed by atoms with E-state index in [1.54, 1.807) is 0 Å². The van der Waals surface area contributed by atoms with Crippen LogP contribution in [0.4, 0.5) is 0 Å². The highest BCUT2D eigenvalue weighted by Gasteiger charge is 2.27. The quantitative estimate of drug-likeness (QED) is 0.816. The van der Waals surface area contributed by atoms with Crippen LogP contribution >= 0.6 is 0 Å². The normalized spacial score (nSPS) is 18.4. The minimum absolute atomic E-state index is 0.511. The molecule has 2 heteroatoms. The van der Waals surface area contributed by atoms with Crippen LogP contribution in [-0.2, 0) is 0 Å². The smallest absolute Gasteiger partial charge is 0.0472 e. The van der Waals surface area contributed by atoms with E-state index in [-0.39, 0.29) is 0 Å². The largest absolute Gasteiger partial charge is 0.318 e. The predicted molar refractivity (Wildman–Crippen MR) is 68.5 cm³/mol. The molecule has 1 N–H and O–H groups in total. The summed E-state index contributed by atoms with van der Waals surface area (Å²) in [6, 6.07) is 12.1. The summed E-state index contributed by atoms with van der Waals surface area (Å²) >= 11 is 0. The Morgan fingerprint density at radius 2 is 2.00 bits per heavy atom. The summed E-state index contributed by atoms with van der Waals surface area (Å²) < 4.78 is 0. The Bertz CT molecular complexity index is 306. The highest BCUT2D eigenvalue weighted by Crippen LogP contribution is 2.30. The summed E-state index contributed by atoms with van der Waals surface area (Å²) in [5, 5.41) is 3.31. The SMILES string of the molecule is CNCC(c1ccccc1)N(C)C1CCC1. The third kappa shape index (κ3) is 2.45. The zero-order valence-corrected chi connectivity index (χ0v) is 10.3. The van der Waals surface area contributed by atoms with Crippen LogP contribution in [0, 0.1) is 0 Å². The van der Waals surface area contributed by atoms with Crippen molar-refractivity contribution in [3.05, 3.63) is 35.9 Å². The average molecular weight is 218 g/mol. The number of likely N-dealkylation sites (N-methyl/N-ethyl adjacent to an activating group) is 2. The minimum Gasteiger partial charge on any atom is -0.318 e. The van der Waals surface area contributed by atoms with Crippen LogP contribution in [0.2, 0.25) is 0 Å². The van der Waals surface area contributed by atoms with Crippen molar-refractivity contribution < 1.29 is 0 Å². The van der Waals surface area contributed by atoms with Gasteiger partial charge in [0.2, 0.25) is 0 Å². The summed E-state index contributed by atoms with van der Waals surface area (Å²) in [4.78, 5) is 2.54. The third-order valence-corrected chi connectivity index (χ3v) is 3.72. The second-order valence-electron chi connectivity index (χ2n) is 4.73. The second-order valence-corrected chi connectivity index (χ2v) is 4.73. The number of hydrogen-bond acceptors (Lipinski definition) is 2. The average Bonchev–Trinajstić information content (AvgIpc) is 2.24. The lowest BCUT2D eigenvalue weighted by Crippen LogP contribution is -2.42. The number of rotatable bonds is 5. The summed E-state index contributed by atoms with van der Waals surface area (Å²) in [5.41, 5.74) is 1.42. The maximum Gasteiger partial charge on any atom is 0.0472 e. The maximum absolute atomic E-state index is 3.31. The van der Waals surface area contributed by atoms with Crippen molar-refractivity contribution in [3.8, 4) is 0 Å². The molecular weight excluding hydrogens is 196 g/mol. The van der Waals surface area contributed by atoms with Crippen molar-refractivity contribution in [2.24, 2.45) is 0 Å². The highest BCUT2D eigenvalue weighted by molar-refractivity contribution is 5.19. The molecule has 1 aromatic carbocycles. The molecule has 2 rings (SSSR count). The molecule has 1 atom stereocenters. The molecule has 0 amide bonds. The van der Waals surface area contributed by atoms with Crippen molar-refractivity contribution >= 4 is 0 Å². The summed E-state index contributed by atoms with van der Waals surface area (Å²) in [7, 11) is 4.30. The van der Waals surface area contributed by atoms with Crippen LogP contribution < -0.4 is 5.32 Å². The first-order valence-corrected chi connectivity index (χ1v) is 6.24. The van der Waals surface area contributed by atoms with Gasteiger partial charge >= 0.3 is 0 Å². The van der Waals surface area contributed by atoms with Crippen LogP contribution in [0.15, 0.2) is 30.3 Å². The number of benzene rings is 1. The first kappa shape index (κ1) is 11.6. The predicted octanol–water partition coefficient (Wildman–Crippen LogP) is 2.43. The maximum atomic E-state index is 3.31. The molecular formula is C14H22N2. The second kappa shape index (κ2) is 5.46. The summed E-state index contributed by atoms with van der Waals surface area (Å²) in [6.07, 6.45) is 4.13. The molecule has 0 saturated heterocycles. The van der Waals surface area contributed by atoms with E-state index < -0.39 is 0 Å². The first-order valence-electron chi connectivity index (χ1n) is 6.24. The van der Waals surface area contributed by atoms with E-state index >= 15 is 0 Å². The van der Waals surface area contributed by atoms with Crippen LogP contribution in [0.5, 0.6) is 0 Å². The minimum atomic E-state index is 0.511. The topological polar surface area (TPSA) is 15.3 Å². The van der Waals surface area contributed by atoms with Crippen LogP contribution in [0.1, 0.15) is 30.9 Å². The fraction of sp³-hybridized carbons (Fsp3) is 0.571. The van der Waals surface area contributed by atoms with Crippen molar-refractivity contribution in [2.75, 3.05) is 20.6 Å². The third-order valence-electron chi connectivity index (χ3n) is 3.72. The lowest BCUT2D eigenvalue weighted by molar-refractivity contribution is 0.109. The standard InChI is InChI=1S/C14H22N2/c1-15-11-14(12-7-4-3-5-8-12)16(2)13-9-6-10-13/h3-5,7-8,13-15H,6,9-11H2,1-2H3. The molecule has 1 aromatic rings. The Hall–Kier alpha value is -0.860. The van der Waals surface area contributed by atoms with Gasteiger partial charge in [0.1, 0.15) is 0 Å². The van der Waals surface area contributed by atoms with E-state index in [2.05, 4.69) is 47.6 Å². The van der Waals surface area contributed by atoms with Gasteiger partial charge in [-0.05, 0) is 32.5 Å². The molecule has 1 saturated carbocycles. The molecule has 88 valence electrons. The fourth-order valence-corrected chi connectivity index (χ4v) is 2.41. The molecule has 0 aromatic heterocycles. The number of nitrogens with one attached hydrogen (secondary N) is 1. The lowest BCUT2D eigenvalue weighted by Gasteiger charge is -2.40. The number of hydrogen-bond donors (Lipinski definition) is 1. The van der Waals surface area contributed by atoms with Gasteiger partial charge in [0.15, 0.2) is 0 Å². The Morgan fingerprint density at radius 1 is 1.31 bits per heavy atom. The van der Waals surface area contributed by atoms with Gasteiger partial charge in [0.05, 0.1) is 0 Å². The monoisotopic (exact) mass is 218 g/mol. The Labute approximate surface area is 98.7 Å². The van der Waals surface area contributed by atoms with Gasteiger partial charge < -0.3 is 5.32 Å².